The maximum Gasteiger partial charge on any atom is 0.178 e. The summed E-state index contributed by atoms with van der Waals surface area (Å²) in [5.74, 6) is 1.34. The zero-order chi connectivity index (χ0) is 20.1. The first kappa shape index (κ1) is 18.8. The van der Waals surface area contributed by atoms with Crippen molar-refractivity contribution in [2.45, 2.75) is 33.1 Å². The van der Waals surface area contributed by atoms with Crippen molar-refractivity contribution in [1.82, 2.24) is 29.9 Å². The molecule has 4 aromatic heterocycles. The second-order valence-electron chi connectivity index (χ2n) is 6.93. The molecule has 0 N–H and O–H groups in total. The quantitative estimate of drug-likeness (QED) is 0.498. The first-order chi connectivity index (χ1) is 14.2. The molecule has 4 aromatic rings. The van der Waals surface area contributed by atoms with E-state index >= 15 is 0 Å². The minimum atomic E-state index is 0.668. The number of hydrogen-bond donors (Lipinski definition) is 0. The molecule has 0 bridgehead atoms. The number of aromatic nitrogens is 6. The van der Waals surface area contributed by atoms with Gasteiger partial charge in [0.2, 0.25) is 0 Å². The Morgan fingerprint density at radius 3 is 1.52 bits per heavy atom. The second-order valence-corrected chi connectivity index (χ2v) is 6.93. The smallest absolute Gasteiger partial charge is 0.178 e. The van der Waals surface area contributed by atoms with Crippen molar-refractivity contribution < 1.29 is 0 Å². The van der Waals surface area contributed by atoms with Gasteiger partial charge in [0.15, 0.2) is 11.6 Å². The maximum atomic E-state index is 4.67. The molecule has 0 atom stereocenters. The van der Waals surface area contributed by atoms with E-state index < -0.39 is 0 Å². The Labute approximate surface area is 170 Å². The summed E-state index contributed by atoms with van der Waals surface area (Å²) in [7, 11) is 0. The van der Waals surface area contributed by atoms with E-state index in [1.165, 1.54) is 0 Å². The van der Waals surface area contributed by atoms with Crippen LogP contribution in [-0.4, -0.2) is 29.9 Å². The average Bonchev–Trinajstić information content (AvgIpc) is 2.74. The van der Waals surface area contributed by atoms with Crippen LogP contribution in [0.25, 0.3) is 23.0 Å². The highest BCUT2D eigenvalue weighted by atomic mass is 14.9. The van der Waals surface area contributed by atoms with Crippen LogP contribution in [0.3, 0.4) is 0 Å². The summed E-state index contributed by atoms with van der Waals surface area (Å²) >= 11 is 0. The Hall–Kier alpha value is -3.54. The molecule has 6 heteroatoms. The largest absolute Gasteiger partial charge is 0.250 e. The van der Waals surface area contributed by atoms with Gasteiger partial charge in [-0.05, 0) is 69.5 Å². The molecule has 0 aliphatic rings. The van der Waals surface area contributed by atoms with Crippen LogP contribution < -0.4 is 0 Å². The molecule has 0 aromatic carbocycles. The monoisotopic (exact) mass is 382 g/mol. The summed E-state index contributed by atoms with van der Waals surface area (Å²) < 4.78 is 0. The SMILES string of the molecule is Cc1cccc(-c2nccc(CCCc3ccnc(-c4cccc(C)n4)n3)n2)n1. The molecule has 0 radical (unpaired) electrons. The lowest BCUT2D eigenvalue weighted by Gasteiger charge is -2.06. The Morgan fingerprint density at radius 2 is 1.07 bits per heavy atom. The molecule has 6 nitrogen and oxygen atoms in total. The van der Waals surface area contributed by atoms with Gasteiger partial charge >= 0.3 is 0 Å². The third kappa shape index (κ3) is 4.85. The highest BCUT2D eigenvalue weighted by Gasteiger charge is 2.07. The van der Waals surface area contributed by atoms with Gasteiger partial charge in [0.05, 0.1) is 0 Å². The van der Waals surface area contributed by atoms with Gasteiger partial charge in [-0.1, -0.05) is 12.1 Å². The lowest BCUT2D eigenvalue weighted by molar-refractivity contribution is 0.776. The van der Waals surface area contributed by atoms with Crippen LogP contribution in [0, 0.1) is 13.8 Å². The van der Waals surface area contributed by atoms with Crippen molar-refractivity contribution in [3.05, 3.63) is 83.7 Å². The summed E-state index contributed by atoms with van der Waals surface area (Å²) in [5.41, 5.74) is 5.54. The van der Waals surface area contributed by atoms with Crippen molar-refractivity contribution in [1.29, 1.82) is 0 Å². The number of rotatable bonds is 6. The lowest BCUT2D eigenvalue weighted by Crippen LogP contribution is -2.00. The molecule has 0 unspecified atom stereocenters. The Kier molecular flexibility index (Phi) is 5.61. The minimum Gasteiger partial charge on any atom is -0.250 e. The molecule has 0 saturated heterocycles. The standard InChI is InChI=1S/C23H22N6/c1-16-6-3-10-20(26-16)22-24-14-12-18(28-22)8-5-9-19-13-15-25-23(29-19)21-11-4-7-17(2)27-21/h3-4,6-7,10-15H,5,8-9H2,1-2H3. The van der Waals surface area contributed by atoms with Crippen molar-refractivity contribution in [2.24, 2.45) is 0 Å². The van der Waals surface area contributed by atoms with Crippen LogP contribution in [0.1, 0.15) is 29.2 Å². The van der Waals surface area contributed by atoms with E-state index in [0.717, 1.165) is 53.4 Å². The van der Waals surface area contributed by atoms with Crippen LogP contribution in [-0.2, 0) is 12.8 Å². The van der Waals surface area contributed by atoms with E-state index in [1.807, 2.05) is 62.4 Å². The van der Waals surface area contributed by atoms with E-state index in [1.54, 1.807) is 12.4 Å². The van der Waals surface area contributed by atoms with Gasteiger partial charge in [-0.25, -0.2) is 29.9 Å². The minimum absolute atomic E-state index is 0.668. The average molecular weight is 382 g/mol. The Bertz CT molecular complexity index is 1040. The predicted molar refractivity (Wildman–Crippen MR) is 112 cm³/mol. The van der Waals surface area contributed by atoms with Gasteiger partial charge in [-0.2, -0.15) is 0 Å². The van der Waals surface area contributed by atoms with Crippen molar-refractivity contribution in [3.8, 4) is 23.0 Å². The van der Waals surface area contributed by atoms with E-state index in [9.17, 15) is 0 Å². The normalized spacial score (nSPS) is 10.8. The highest BCUT2D eigenvalue weighted by molar-refractivity contribution is 5.49. The fraction of sp³-hybridized carbons (Fsp3) is 0.217. The summed E-state index contributed by atoms with van der Waals surface area (Å²) in [6, 6.07) is 15.7. The van der Waals surface area contributed by atoms with Gasteiger partial charge in [0, 0.05) is 35.2 Å². The molecular formula is C23H22N6. The number of pyridine rings is 2. The van der Waals surface area contributed by atoms with Gasteiger partial charge < -0.3 is 0 Å². The van der Waals surface area contributed by atoms with Crippen LogP contribution in [0.4, 0.5) is 0 Å². The maximum absolute atomic E-state index is 4.67. The molecule has 4 rings (SSSR count). The molecule has 0 fully saturated rings. The van der Waals surface area contributed by atoms with Crippen LogP contribution >= 0.6 is 0 Å². The van der Waals surface area contributed by atoms with Crippen LogP contribution in [0.15, 0.2) is 60.9 Å². The first-order valence-electron chi connectivity index (χ1n) is 9.69. The number of nitrogens with zero attached hydrogens (tertiary/aromatic N) is 6. The molecule has 144 valence electrons. The summed E-state index contributed by atoms with van der Waals surface area (Å²) in [4.78, 5) is 27.1. The number of aryl methyl sites for hydroxylation is 4. The summed E-state index contributed by atoms with van der Waals surface area (Å²) in [6.07, 6.45) is 6.24. The molecule has 0 aliphatic heterocycles. The molecule has 4 heterocycles. The topological polar surface area (TPSA) is 77.3 Å². The molecule has 0 aliphatic carbocycles. The third-order valence-corrected chi connectivity index (χ3v) is 4.53. The van der Waals surface area contributed by atoms with E-state index in [0.29, 0.717) is 11.6 Å². The van der Waals surface area contributed by atoms with Gasteiger partial charge in [0.1, 0.15) is 11.4 Å². The highest BCUT2D eigenvalue weighted by Crippen LogP contribution is 2.15. The molecular weight excluding hydrogens is 360 g/mol. The van der Waals surface area contributed by atoms with Crippen LogP contribution in [0.5, 0.6) is 0 Å². The Balaban J connectivity index is 1.42. The van der Waals surface area contributed by atoms with Gasteiger partial charge in [-0.15, -0.1) is 0 Å². The molecule has 29 heavy (non-hydrogen) atoms. The first-order valence-corrected chi connectivity index (χ1v) is 9.69. The zero-order valence-electron chi connectivity index (χ0n) is 16.6. The van der Waals surface area contributed by atoms with Crippen LogP contribution in [0.2, 0.25) is 0 Å². The molecule has 0 saturated carbocycles. The summed E-state index contributed by atoms with van der Waals surface area (Å²) in [5, 5.41) is 0. The fourth-order valence-electron chi connectivity index (χ4n) is 3.10. The van der Waals surface area contributed by atoms with E-state index in [-0.39, 0.29) is 0 Å². The van der Waals surface area contributed by atoms with Gasteiger partial charge in [-0.3, -0.25) is 0 Å². The van der Waals surface area contributed by atoms with Crippen molar-refractivity contribution in [2.75, 3.05) is 0 Å². The summed E-state index contributed by atoms with van der Waals surface area (Å²) in [6.45, 7) is 3.94. The molecule has 0 amide bonds. The van der Waals surface area contributed by atoms with E-state index in [2.05, 4.69) is 29.9 Å². The Morgan fingerprint density at radius 1 is 0.586 bits per heavy atom. The fourth-order valence-corrected chi connectivity index (χ4v) is 3.10. The second kappa shape index (κ2) is 8.65. The third-order valence-electron chi connectivity index (χ3n) is 4.53. The van der Waals surface area contributed by atoms with Crippen molar-refractivity contribution in [3.63, 3.8) is 0 Å². The van der Waals surface area contributed by atoms with Crippen molar-refractivity contribution >= 4 is 0 Å². The van der Waals surface area contributed by atoms with Gasteiger partial charge in [0.25, 0.3) is 0 Å². The zero-order valence-corrected chi connectivity index (χ0v) is 16.6. The predicted octanol–water partition coefficient (Wildman–Crippen LogP) is 4.18. The number of hydrogen-bond acceptors (Lipinski definition) is 6. The lowest BCUT2D eigenvalue weighted by atomic mass is 10.1. The molecule has 0 spiro atoms. The van der Waals surface area contributed by atoms with E-state index in [4.69, 9.17) is 0 Å².